The van der Waals surface area contributed by atoms with Gasteiger partial charge in [-0.2, -0.15) is 0 Å². The number of nitrogens with zero attached hydrogens (tertiary/aromatic N) is 1. The zero-order valence-corrected chi connectivity index (χ0v) is 20.8. The van der Waals surface area contributed by atoms with Crippen LogP contribution in [0.25, 0.3) is 0 Å². The van der Waals surface area contributed by atoms with E-state index in [2.05, 4.69) is 55.6 Å². The molecule has 4 nitrogen and oxygen atoms in total. The lowest BCUT2D eigenvalue weighted by Gasteiger charge is -2.39. The molecule has 4 bridgehead atoms. The van der Waals surface area contributed by atoms with Crippen LogP contribution in [0.4, 0.5) is 0 Å². The molecule has 0 aromatic rings. The van der Waals surface area contributed by atoms with Crippen LogP contribution in [0.3, 0.4) is 0 Å². The summed E-state index contributed by atoms with van der Waals surface area (Å²) in [4.78, 5) is 12.8. The molecule has 0 aromatic heterocycles. The minimum Gasteiger partial charge on any atom is -0.458 e. The Balaban J connectivity index is 1.25. The van der Waals surface area contributed by atoms with E-state index in [1.807, 2.05) is 0 Å². The minimum absolute atomic E-state index is 0.0371. The summed E-state index contributed by atoms with van der Waals surface area (Å²) in [5, 5.41) is 0. The summed E-state index contributed by atoms with van der Waals surface area (Å²) >= 11 is 0. The standard InChI is InChI=1S/C26H46NO3/c1-23(2)18-9-12-26(23,6)21(15-18)29-14-13-27(7,8)17-22(28)30-20-16-25(5)11-10-19(20)24(25,3)4/h18-21H,9-17H2,1-8H3/q+1/t18-,19+,20-,21-,25-,26-/m1/s1. The highest BCUT2D eigenvalue weighted by atomic mass is 16.5. The summed E-state index contributed by atoms with van der Waals surface area (Å²) < 4.78 is 13.1. The molecule has 30 heavy (non-hydrogen) atoms. The summed E-state index contributed by atoms with van der Waals surface area (Å²) in [5.41, 5.74) is 1.29. The fourth-order valence-electron chi connectivity index (χ4n) is 7.79. The van der Waals surface area contributed by atoms with Crippen molar-refractivity contribution in [2.24, 2.45) is 33.5 Å². The number of fused-ring (bicyclic) bond motifs is 4. The predicted octanol–water partition coefficient (Wildman–Crippen LogP) is 5.05. The molecule has 0 unspecified atom stereocenters. The molecule has 4 fully saturated rings. The van der Waals surface area contributed by atoms with E-state index in [0.29, 0.717) is 39.3 Å². The molecule has 6 atom stereocenters. The number of hydrogen-bond acceptors (Lipinski definition) is 3. The first-order valence-corrected chi connectivity index (χ1v) is 12.4. The van der Waals surface area contributed by atoms with Gasteiger partial charge in [-0.3, -0.25) is 0 Å². The number of carbonyl (C=O) groups excluding carboxylic acids is 1. The second-order valence-electron chi connectivity index (χ2n) is 13.4. The molecule has 4 aliphatic carbocycles. The molecule has 0 aliphatic heterocycles. The van der Waals surface area contributed by atoms with Crippen LogP contribution in [0.5, 0.6) is 0 Å². The highest BCUT2D eigenvalue weighted by molar-refractivity contribution is 5.71. The number of carbonyl (C=O) groups is 1. The summed E-state index contributed by atoms with van der Waals surface area (Å²) in [6.07, 6.45) is 7.84. The SMILES string of the molecule is CC1(C)[C@H]2CC[C@]1(C)C[C@H]2OC(=O)C[N+](C)(C)CCO[C@@H]1C[C@H]2CC[C@@]1(C)C2(C)C. The van der Waals surface area contributed by atoms with Crippen molar-refractivity contribution in [3.8, 4) is 0 Å². The van der Waals surface area contributed by atoms with Crippen LogP contribution in [-0.4, -0.2) is 56.5 Å². The Bertz CT molecular complexity index is 696. The van der Waals surface area contributed by atoms with Gasteiger partial charge in [-0.15, -0.1) is 0 Å². The zero-order valence-electron chi connectivity index (χ0n) is 20.8. The number of hydrogen-bond donors (Lipinski definition) is 0. The maximum absolute atomic E-state index is 12.8. The van der Waals surface area contributed by atoms with E-state index in [4.69, 9.17) is 9.47 Å². The van der Waals surface area contributed by atoms with E-state index in [9.17, 15) is 4.79 Å². The van der Waals surface area contributed by atoms with E-state index >= 15 is 0 Å². The molecule has 172 valence electrons. The average Bonchev–Trinajstić information content (AvgIpc) is 3.11. The van der Waals surface area contributed by atoms with Crippen LogP contribution in [0.15, 0.2) is 0 Å². The first-order valence-electron chi connectivity index (χ1n) is 12.4. The molecule has 0 amide bonds. The second kappa shape index (κ2) is 6.94. The van der Waals surface area contributed by atoms with Crippen LogP contribution >= 0.6 is 0 Å². The van der Waals surface area contributed by atoms with E-state index in [0.717, 1.165) is 25.5 Å². The fourth-order valence-corrected chi connectivity index (χ4v) is 7.79. The Hall–Kier alpha value is -0.610. The lowest BCUT2D eigenvalue weighted by Crippen LogP contribution is -2.48. The number of likely N-dealkylation sites (N-methyl/N-ethyl adjacent to an activating group) is 1. The van der Waals surface area contributed by atoms with E-state index in [1.54, 1.807) is 0 Å². The molecule has 4 saturated carbocycles. The number of ether oxygens (including phenoxy) is 2. The topological polar surface area (TPSA) is 35.5 Å². The molecule has 0 saturated heterocycles. The van der Waals surface area contributed by atoms with Gasteiger partial charge < -0.3 is 14.0 Å². The highest BCUT2D eigenvalue weighted by Crippen LogP contribution is 2.67. The van der Waals surface area contributed by atoms with E-state index in [1.165, 1.54) is 32.1 Å². The molecule has 4 rings (SSSR count). The Kier molecular flexibility index (Phi) is 5.22. The third-order valence-electron chi connectivity index (χ3n) is 11.2. The monoisotopic (exact) mass is 420 g/mol. The Morgan fingerprint density at radius 2 is 1.70 bits per heavy atom. The molecule has 0 heterocycles. The fraction of sp³-hybridized carbons (Fsp3) is 0.962. The molecular formula is C26H46NO3+. The Morgan fingerprint density at radius 3 is 2.20 bits per heavy atom. The van der Waals surface area contributed by atoms with Crippen LogP contribution in [0.2, 0.25) is 0 Å². The van der Waals surface area contributed by atoms with Crippen molar-refractivity contribution in [3.05, 3.63) is 0 Å². The van der Waals surface area contributed by atoms with E-state index in [-0.39, 0.29) is 17.5 Å². The van der Waals surface area contributed by atoms with E-state index < -0.39 is 0 Å². The summed E-state index contributed by atoms with van der Waals surface area (Å²) in [7, 11) is 4.26. The first-order chi connectivity index (χ1) is 13.7. The lowest BCUT2D eigenvalue weighted by atomic mass is 9.70. The van der Waals surface area contributed by atoms with Crippen molar-refractivity contribution in [3.63, 3.8) is 0 Å². The smallest absolute Gasteiger partial charge is 0.362 e. The largest absolute Gasteiger partial charge is 0.458 e. The van der Waals surface area contributed by atoms with Crippen LogP contribution in [0.1, 0.15) is 80.1 Å². The van der Waals surface area contributed by atoms with Gasteiger partial charge in [-0.25, -0.2) is 4.79 Å². The summed E-state index contributed by atoms with van der Waals surface area (Å²) in [5.74, 6) is 1.29. The first kappa shape index (κ1) is 22.6. The van der Waals surface area contributed by atoms with Crippen molar-refractivity contribution >= 4 is 5.97 Å². The maximum Gasteiger partial charge on any atom is 0.362 e. The third kappa shape index (κ3) is 3.27. The quantitative estimate of drug-likeness (QED) is 0.427. The van der Waals surface area contributed by atoms with Gasteiger partial charge in [-0.05, 0) is 66.1 Å². The molecule has 0 N–H and O–H groups in total. The van der Waals surface area contributed by atoms with Crippen molar-refractivity contribution in [1.29, 1.82) is 0 Å². The van der Waals surface area contributed by atoms with Gasteiger partial charge in [0.2, 0.25) is 0 Å². The van der Waals surface area contributed by atoms with Gasteiger partial charge in [0, 0.05) is 5.92 Å². The summed E-state index contributed by atoms with van der Waals surface area (Å²) in [6, 6.07) is 0. The molecular weight excluding hydrogens is 374 g/mol. The predicted molar refractivity (Wildman–Crippen MR) is 120 cm³/mol. The third-order valence-corrected chi connectivity index (χ3v) is 11.2. The van der Waals surface area contributed by atoms with Gasteiger partial charge in [0.25, 0.3) is 0 Å². The highest BCUT2D eigenvalue weighted by Gasteiger charge is 2.63. The van der Waals surface area contributed by atoms with Gasteiger partial charge in [-0.1, -0.05) is 41.5 Å². The van der Waals surface area contributed by atoms with Crippen LogP contribution < -0.4 is 0 Å². The number of rotatable bonds is 7. The molecule has 4 heteroatoms. The second-order valence-corrected chi connectivity index (χ2v) is 13.4. The Labute approximate surface area is 184 Å². The van der Waals surface area contributed by atoms with Crippen molar-refractivity contribution < 1.29 is 18.8 Å². The molecule has 0 radical (unpaired) electrons. The maximum atomic E-state index is 12.8. The zero-order chi connectivity index (χ0) is 22.2. The average molecular weight is 421 g/mol. The van der Waals surface area contributed by atoms with Crippen LogP contribution in [0, 0.1) is 33.5 Å². The van der Waals surface area contributed by atoms with Gasteiger partial charge in [0.05, 0.1) is 26.8 Å². The Morgan fingerprint density at radius 1 is 1.00 bits per heavy atom. The molecule has 0 aromatic carbocycles. The molecule has 0 spiro atoms. The normalized spacial score (nSPS) is 43.3. The van der Waals surface area contributed by atoms with Crippen molar-refractivity contribution in [1.82, 2.24) is 0 Å². The van der Waals surface area contributed by atoms with Crippen molar-refractivity contribution in [2.45, 2.75) is 92.3 Å². The summed E-state index contributed by atoms with van der Waals surface area (Å²) in [6.45, 7) is 16.4. The number of esters is 1. The lowest BCUT2D eigenvalue weighted by molar-refractivity contribution is -0.883. The van der Waals surface area contributed by atoms with Gasteiger partial charge in [0.1, 0.15) is 12.6 Å². The van der Waals surface area contributed by atoms with Gasteiger partial charge >= 0.3 is 5.97 Å². The van der Waals surface area contributed by atoms with Crippen molar-refractivity contribution in [2.75, 3.05) is 33.8 Å². The van der Waals surface area contributed by atoms with Gasteiger partial charge in [0.15, 0.2) is 6.54 Å². The minimum atomic E-state index is -0.0371. The number of quaternary nitrogens is 1. The molecule has 4 aliphatic rings. The van der Waals surface area contributed by atoms with Crippen LogP contribution in [-0.2, 0) is 14.3 Å².